The molecule has 0 aliphatic heterocycles. The molecule has 0 saturated carbocycles. The van der Waals surface area contributed by atoms with Crippen molar-refractivity contribution in [1.29, 1.82) is 0 Å². The number of carbonyl (C=O) groups is 1. The molecule has 0 amide bonds. The van der Waals surface area contributed by atoms with E-state index in [-0.39, 0.29) is 11.3 Å². The fourth-order valence-corrected chi connectivity index (χ4v) is 2.89. The Morgan fingerprint density at radius 1 is 1.00 bits per heavy atom. The Bertz CT molecular complexity index is 1060. The average Bonchev–Trinajstić information content (AvgIpc) is 3.35. The van der Waals surface area contributed by atoms with Crippen LogP contribution in [-0.4, -0.2) is 29.9 Å². The van der Waals surface area contributed by atoms with Gasteiger partial charge in [0.1, 0.15) is 22.6 Å². The fraction of sp³-hybridized carbons (Fsp3) is 0.174. The zero-order valence-electron chi connectivity index (χ0n) is 16.2. The molecule has 0 atom stereocenters. The van der Waals surface area contributed by atoms with Crippen molar-refractivity contribution in [2.45, 2.75) is 13.3 Å². The summed E-state index contributed by atoms with van der Waals surface area (Å²) in [6, 6.07) is 18.0. The van der Waals surface area contributed by atoms with Gasteiger partial charge < -0.3 is 24.1 Å². The maximum absolute atomic E-state index is 11.0. The highest BCUT2D eigenvalue weighted by atomic mass is 16.5. The van der Waals surface area contributed by atoms with E-state index >= 15 is 0 Å². The predicted octanol–water partition coefficient (Wildman–Crippen LogP) is 4.96. The summed E-state index contributed by atoms with van der Waals surface area (Å²) in [6.07, 6.45) is 0.604. The van der Waals surface area contributed by atoms with Gasteiger partial charge in [0, 0.05) is 6.07 Å². The van der Waals surface area contributed by atoms with Crippen LogP contribution in [0.15, 0.2) is 65.1 Å². The molecule has 0 aliphatic carbocycles. The van der Waals surface area contributed by atoms with Crippen LogP contribution in [0.2, 0.25) is 0 Å². The molecular formula is C23H22O6. The number of benzene rings is 3. The van der Waals surface area contributed by atoms with E-state index in [1.807, 2.05) is 49.4 Å². The summed E-state index contributed by atoms with van der Waals surface area (Å²) in [5.41, 5.74) is 3.52. The van der Waals surface area contributed by atoms with E-state index in [0.717, 1.165) is 33.8 Å². The Balaban J connectivity index is 0.000000220. The molecule has 2 aromatic carbocycles. The van der Waals surface area contributed by atoms with E-state index in [4.69, 9.17) is 19.0 Å². The number of methoxy groups -OCH3 is 1. The van der Waals surface area contributed by atoms with Gasteiger partial charge in [-0.2, -0.15) is 0 Å². The Labute approximate surface area is 168 Å². The number of carboxylic acids is 1. The van der Waals surface area contributed by atoms with Gasteiger partial charge in [0.05, 0.1) is 13.7 Å². The van der Waals surface area contributed by atoms with Gasteiger partial charge in [-0.05, 0) is 60.9 Å². The summed E-state index contributed by atoms with van der Waals surface area (Å²) in [5, 5.41) is 18.4. The molecular weight excluding hydrogens is 372 g/mol. The second-order valence-corrected chi connectivity index (χ2v) is 6.33. The molecule has 6 nitrogen and oxygen atoms in total. The molecule has 6 heteroatoms. The van der Waals surface area contributed by atoms with Crippen molar-refractivity contribution in [2.24, 2.45) is 0 Å². The molecule has 150 valence electrons. The second-order valence-electron chi connectivity index (χ2n) is 6.33. The molecule has 2 N–H and O–H groups in total. The molecule has 0 unspecified atom stereocenters. The van der Waals surface area contributed by atoms with Gasteiger partial charge in [0.2, 0.25) is 0 Å². The van der Waals surface area contributed by atoms with Crippen LogP contribution in [0.5, 0.6) is 17.2 Å². The zero-order valence-corrected chi connectivity index (χ0v) is 16.2. The van der Waals surface area contributed by atoms with E-state index < -0.39 is 5.97 Å². The van der Waals surface area contributed by atoms with Crippen LogP contribution in [0.4, 0.5) is 0 Å². The maximum atomic E-state index is 11.0. The van der Waals surface area contributed by atoms with Crippen molar-refractivity contribution in [3.8, 4) is 17.2 Å². The molecule has 29 heavy (non-hydrogen) atoms. The van der Waals surface area contributed by atoms with E-state index in [9.17, 15) is 9.90 Å². The molecule has 2 bridgehead atoms. The van der Waals surface area contributed by atoms with Crippen molar-refractivity contribution in [1.82, 2.24) is 0 Å². The summed E-state index contributed by atoms with van der Waals surface area (Å²) in [7, 11) is 1.64. The van der Waals surface area contributed by atoms with Crippen molar-refractivity contribution in [3.05, 3.63) is 77.4 Å². The highest BCUT2D eigenvalue weighted by Gasteiger charge is 2.10. The molecule has 0 radical (unpaired) electrons. The number of aromatic hydroxyl groups is 1. The van der Waals surface area contributed by atoms with Crippen LogP contribution < -0.4 is 9.47 Å². The molecule has 4 aromatic rings. The van der Waals surface area contributed by atoms with Gasteiger partial charge in [-0.15, -0.1) is 0 Å². The minimum Gasteiger partial charge on any atom is -0.507 e. The lowest BCUT2D eigenvalue weighted by Gasteiger charge is -2.07. The Morgan fingerprint density at radius 2 is 1.72 bits per heavy atom. The predicted molar refractivity (Wildman–Crippen MR) is 109 cm³/mol. The summed E-state index contributed by atoms with van der Waals surface area (Å²) >= 11 is 0. The molecule has 0 fully saturated rings. The summed E-state index contributed by atoms with van der Waals surface area (Å²) < 4.78 is 15.5. The van der Waals surface area contributed by atoms with Crippen molar-refractivity contribution < 1.29 is 28.9 Å². The molecule has 0 saturated heterocycles. The van der Waals surface area contributed by atoms with Crippen LogP contribution in [0.1, 0.15) is 28.4 Å². The number of rotatable bonds is 6. The first-order valence-corrected chi connectivity index (χ1v) is 9.13. The first-order valence-electron chi connectivity index (χ1n) is 9.13. The van der Waals surface area contributed by atoms with Gasteiger partial charge in [0.25, 0.3) is 0 Å². The third kappa shape index (κ3) is 4.99. The molecule has 2 aromatic heterocycles. The largest absolute Gasteiger partial charge is 0.507 e. The highest BCUT2D eigenvalue weighted by Crippen LogP contribution is 2.28. The number of fused-ring (bicyclic) bond motifs is 2. The number of phenols is 1. The number of hydrogen-bond acceptors (Lipinski definition) is 5. The maximum Gasteiger partial charge on any atom is 0.339 e. The smallest absolute Gasteiger partial charge is 0.339 e. The van der Waals surface area contributed by atoms with Crippen LogP contribution in [0.3, 0.4) is 0 Å². The number of furan rings is 2. The van der Waals surface area contributed by atoms with Gasteiger partial charge >= 0.3 is 5.97 Å². The molecule has 4 rings (SSSR count). The Hall–Kier alpha value is -3.67. The standard InChI is InChI=1S/C16H16O4.C7H6O2/c1-2-20-13-6-3-11(4-7-13)9-12-5-8-15(17)14(10-12)16(18)19;1-8-7-4-5-2-3-6(7)9-5/h3-8,10,17H,2,9H2,1H3,(H,18,19);2-4H,1H3. The van der Waals surface area contributed by atoms with E-state index in [1.54, 1.807) is 13.2 Å². The van der Waals surface area contributed by atoms with E-state index in [2.05, 4.69) is 0 Å². The normalized spacial score (nSPS) is 10.4. The number of ether oxygens (including phenoxy) is 2. The van der Waals surface area contributed by atoms with Crippen molar-refractivity contribution >= 4 is 17.1 Å². The van der Waals surface area contributed by atoms with E-state index in [0.29, 0.717) is 13.0 Å². The lowest BCUT2D eigenvalue weighted by Crippen LogP contribution is -1.99. The van der Waals surface area contributed by atoms with Crippen LogP contribution in [0, 0.1) is 0 Å². The van der Waals surface area contributed by atoms with Crippen LogP contribution in [0.25, 0.3) is 11.2 Å². The van der Waals surface area contributed by atoms with Crippen molar-refractivity contribution in [3.63, 3.8) is 0 Å². The fourth-order valence-electron chi connectivity index (χ4n) is 2.89. The van der Waals surface area contributed by atoms with Gasteiger partial charge in [-0.1, -0.05) is 18.2 Å². The lowest BCUT2D eigenvalue weighted by molar-refractivity contribution is 0.0693. The summed E-state index contributed by atoms with van der Waals surface area (Å²) in [5.74, 6) is 0.296. The summed E-state index contributed by atoms with van der Waals surface area (Å²) in [4.78, 5) is 11.0. The first kappa shape index (κ1) is 20.1. The van der Waals surface area contributed by atoms with Crippen LogP contribution >= 0.6 is 0 Å². The SMILES string of the molecule is CCOc1ccc(Cc2ccc(O)c(C(=O)O)c2)cc1.COc1cc2ccc1o2. The zero-order chi connectivity index (χ0) is 20.8. The molecule has 0 aliphatic rings. The van der Waals surface area contributed by atoms with E-state index in [1.165, 1.54) is 12.1 Å². The first-order chi connectivity index (χ1) is 14.0. The number of hydrogen-bond donors (Lipinski definition) is 2. The Morgan fingerprint density at radius 3 is 2.24 bits per heavy atom. The number of aromatic carboxylic acids is 1. The van der Waals surface area contributed by atoms with Gasteiger partial charge in [0.15, 0.2) is 11.3 Å². The Kier molecular flexibility index (Phi) is 6.24. The van der Waals surface area contributed by atoms with Gasteiger partial charge in [-0.25, -0.2) is 4.79 Å². The molecule has 0 spiro atoms. The van der Waals surface area contributed by atoms with Crippen molar-refractivity contribution in [2.75, 3.05) is 13.7 Å². The molecule has 2 heterocycles. The monoisotopic (exact) mass is 394 g/mol. The third-order valence-corrected chi connectivity index (χ3v) is 4.30. The third-order valence-electron chi connectivity index (χ3n) is 4.30. The average molecular weight is 394 g/mol. The number of carboxylic acid groups (broad SMARTS) is 1. The topological polar surface area (TPSA) is 89.1 Å². The van der Waals surface area contributed by atoms with Gasteiger partial charge in [-0.3, -0.25) is 0 Å². The summed E-state index contributed by atoms with van der Waals surface area (Å²) in [6.45, 7) is 2.55. The lowest BCUT2D eigenvalue weighted by atomic mass is 10.0. The second kappa shape index (κ2) is 9.01. The highest BCUT2D eigenvalue weighted by molar-refractivity contribution is 5.90. The minimum absolute atomic E-state index is 0.0755. The van der Waals surface area contributed by atoms with Crippen LogP contribution in [-0.2, 0) is 6.42 Å². The minimum atomic E-state index is -1.13. The quantitative estimate of drug-likeness (QED) is 0.480.